The maximum atomic E-state index is 9.81. The third kappa shape index (κ3) is 6.16. The second kappa shape index (κ2) is 3.24. The second-order valence-corrected chi connectivity index (χ2v) is 2.89. The van der Waals surface area contributed by atoms with Crippen LogP contribution in [0.3, 0.4) is 0 Å². The lowest BCUT2D eigenvalue weighted by molar-refractivity contribution is 0.370. The van der Waals surface area contributed by atoms with Crippen molar-refractivity contribution in [3.8, 4) is 0 Å². The van der Waals surface area contributed by atoms with Gasteiger partial charge in [-0.05, 0) is 0 Å². The predicted molar refractivity (Wildman–Crippen MR) is 28.2 cm³/mol. The Morgan fingerprint density at radius 3 is 2.25 bits per heavy atom. The number of halogens is 1. The number of hydrogen-bond donors (Lipinski definition) is 1. The van der Waals surface area contributed by atoms with Crippen LogP contribution in [0.15, 0.2) is 0 Å². The minimum absolute atomic E-state index is 0.194. The van der Waals surface area contributed by atoms with Crippen LogP contribution in [0.25, 0.3) is 0 Å². The van der Waals surface area contributed by atoms with Crippen LogP contribution in [0.1, 0.15) is 0 Å². The van der Waals surface area contributed by atoms with E-state index in [1.165, 1.54) is 0 Å². The molecule has 0 bridgehead atoms. The van der Waals surface area contributed by atoms with E-state index in [9.17, 15) is 8.42 Å². The Hall–Kier alpha value is 0.160. The van der Waals surface area contributed by atoms with Gasteiger partial charge in [0.15, 0.2) is 0 Å². The zero-order chi connectivity index (χ0) is 6.62. The highest BCUT2D eigenvalue weighted by Crippen LogP contribution is 1.84. The Morgan fingerprint density at radius 2 is 2.12 bits per heavy atom. The molecule has 0 aliphatic rings. The summed E-state index contributed by atoms with van der Waals surface area (Å²) in [5.41, 5.74) is 0. The first kappa shape index (κ1) is 8.16. The molecule has 50 valence electrons. The Bertz CT molecular complexity index is 138. The lowest BCUT2D eigenvalue weighted by Gasteiger charge is -1.89. The molecule has 0 aromatic carbocycles. The summed E-state index contributed by atoms with van der Waals surface area (Å²) in [6.45, 7) is -0.194. The first-order valence-corrected chi connectivity index (χ1v) is 3.67. The van der Waals surface area contributed by atoms with Crippen LogP contribution in [0.4, 0.5) is 0 Å². The van der Waals surface area contributed by atoms with Crippen molar-refractivity contribution in [1.29, 1.82) is 0 Å². The van der Waals surface area contributed by atoms with Gasteiger partial charge in [0.25, 0.3) is 10.1 Å². The van der Waals surface area contributed by atoms with Gasteiger partial charge in [-0.3, -0.25) is 8.84 Å². The van der Waals surface area contributed by atoms with Crippen LogP contribution < -0.4 is 0 Å². The average Bonchev–Trinajstić information content (AvgIpc) is 1.59. The third-order valence-corrected chi connectivity index (χ3v) is 1.26. The summed E-state index contributed by atoms with van der Waals surface area (Å²) in [5.74, 6) is -0.462. The molecule has 0 aromatic heterocycles. The fourth-order valence-electron chi connectivity index (χ4n) is 0.137. The maximum Gasteiger partial charge on any atom is 0.267 e. The molecule has 8 heavy (non-hydrogen) atoms. The summed E-state index contributed by atoms with van der Waals surface area (Å²) in [7, 11) is -3.90. The zero-order valence-corrected chi connectivity index (χ0v) is 5.44. The van der Waals surface area contributed by atoms with Crippen LogP contribution in [-0.4, -0.2) is 25.3 Å². The zero-order valence-electron chi connectivity index (χ0n) is 3.87. The van der Waals surface area contributed by atoms with Gasteiger partial charge in [0.05, 0.1) is 18.5 Å². The molecule has 0 aromatic rings. The van der Waals surface area contributed by atoms with Crippen LogP contribution in [0.5, 0.6) is 0 Å². The van der Waals surface area contributed by atoms with Crippen molar-refractivity contribution in [2.75, 3.05) is 12.4 Å². The van der Waals surface area contributed by atoms with Crippen LogP contribution >= 0.6 is 11.9 Å². The van der Waals surface area contributed by atoms with Crippen LogP contribution in [0.2, 0.25) is 0 Å². The van der Waals surface area contributed by atoms with E-state index >= 15 is 0 Å². The summed E-state index contributed by atoms with van der Waals surface area (Å²) in [6, 6.07) is 0. The quantitative estimate of drug-likeness (QED) is 0.593. The second-order valence-electron chi connectivity index (χ2n) is 1.10. The van der Waals surface area contributed by atoms with Crippen molar-refractivity contribution >= 4 is 22.0 Å². The highest BCUT2D eigenvalue weighted by atomic mass is 35.5. The molecule has 0 radical (unpaired) electrons. The molecule has 0 amide bonds. The van der Waals surface area contributed by atoms with Crippen molar-refractivity contribution < 1.29 is 17.3 Å². The Kier molecular flexibility index (Phi) is 3.30. The molecular weight excluding hydrogens is 156 g/mol. The molecule has 0 saturated heterocycles. The summed E-state index contributed by atoms with van der Waals surface area (Å²) >= 11 is 4.63. The molecule has 0 spiro atoms. The molecule has 0 heterocycles. The summed E-state index contributed by atoms with van der Waals surface area (Å²) < 4.78 is 31.4. The van der Waals surface area contributed by atoms with Gasteiger partial charge in [-0.15, -0.1) is 0 Å². The molecule has 0 fully saturated rings. The van der Waals surface area contributed by atoms with E-state index in [1.807, 2.05) is 0 Å². The molecule has 0 rings (SSSR count). The van der Waals surface area contributed by atoms with Gasteiger partial charge in [-0.25, -0.2) is 0 Å². The van der Waals surface area contributed by atoms with E-state index in [4.69, 9.17) is 4.55 Å². The molecule has 1 N–H and O–H groups in total. The van der Waals surface area contributed by atoms with Crippen molar-refractivity contribution in [3.63, 3.8) is 0 Å². The minimum Gasteiger partial charge on any atom is -0.285 e. The molecule has 0 unspecified atom stereocenters. The fraction of sp³-hybridized carbons (Fsp3) is 1.00. The average molecular weight is 161 g/mol. The lowest BCUT2D eigenvalue weighted by Crippen LogP contribution is -2.07. The van der Waals surface area contributed by atoms with E-state index in [2.05, 4.69) is 16.2 Å². The number of hydrogen-bond acceptors (Lipinski definition) is 3. The normalized spacial score (nSPS) is 11.8. The summed E-state index contributed by atoms with van der Waals surface area (Å²) in [4.78, 5) is 0. The summed E-state index contributed by atoms with van der Waals surface area (Å²) in [6.07, 6.45) is 0. The van der Waals surface area contributed by atoms with Crippen LogP contribution in [-0.2, 0) is 14.4 Å². The first-order valence-electron chi connectivity index (χ1n) is 1.75. The van der Waals surface area contributed by atoms with Crippen molar-refractivity contribution in [1.82, 2.24) is 0 Å². The Balaban J connectivity index is 3.42. The molecule has 6 heteroatoms. The highest BCUT2D eigenvalue weighted by molar-refractivity contribution is 7.85. The van der Waals surface area contributed by atoms with E-state index in [0.29, 0.717) is 0 Å². The van der Waals surface area contributed by atoms with Crippen LogP contribution in [0, 0.1) is 0 Å². The molecule has 4 nitrogen and oxygen atoms in total. The third-order valence-electron chi connectivity index (χ3n) is 0.418. The molecule has 0 saturated carbocycles. The van der Waals surface area contributed by atoms with E-state index < -0.39 is 15.9 Å². The van der Waals surface area contributed by atoms with Gasteiger partial charge in [0.2, 0.25) is 0 Å². The summed E-state index contributed by atoms with van der Waals surface area (Å²) in [5, 5.41) is 0. The van der Waals surface area contributed by atoms with Gasteiger partial charge < -0.3 is 0 Å². The van der Waals surface area contributed by atoms with Gasteiger partial charge in [-0.2, -0.15) is 8.42 Å². The van der Waals surface area contributed by atoms with Crippen molar-refractivity contribution in [2.24, 2.45) is 0 Å². The SMILES string of the molecule is O=S(=O)(O)CCOCl. The maximum absolute atomic E-state index is 9.81. The van der Waals surface area contributed by atoms with Gasteiger partial charge in [0.1, 0.15) is 5.75 Å². The fourth-order valence-corrected chi connectivity index (χ4v) is 0.599. The predicted octanol–water partition coefficient (Wildman–Crippen LogP) is 0.0446. The highest BCUT2D eigenvalue weighted by Gasteiger charge is 2.01. The van der Waals surface area contributed by atoms with Gasteiger partial charge >= 0.3 is 0 Å². The minimum atomic E-state index is -3.90. The largest absolute Gasteiger partial charge is 0.285 e. The van der Waals surface area contributed by atoms with Gasteiger partial charge in [0, 0.05) is 0 Å². The topological polar surface area (TPSA) is 63.6 Å². The lowest BCUT2D eigenvalue weighted by atomic mass is 10.9. The first-order chi connectivity index (χ1) is 3.56. The van der Waals surface area contributed by atoms with E-state index in [-0.39, 0.29) is 6.61 Å². The number of rotatable bonds is 3. The van der Waals surface area contributed by atoms with E-state index in [1.54, 1.807) is 0 Å². The van der Waals surface area contributed by atoms with Crippen molar-refractivity contribution in [3.05, 3.63) is 0 Å². The Morgan fingerprint density at radius 1 is 1.62 bits per heavy atom. The van der Waals surface area contributed by atoms with Crippen molar-refractivity contribution in [2.45, 2.75) is 0 Å². The molecular formula is C2H5ClO4S. The molecule has 0 aliphatic carbocycles. The molecule has 0 aliphatic heterocycles. The standard InChI is InChI=1S/C2H5ClO4S/c3-7-1-2-8(4,5)6/h1-2H2,(H,4,5,6). The van der Waals surface area contributed by atoms with Gasteiger partial charge in [-0.1, -0.05) is 0 Å². The van der Waals surface area contributed by atoms with E-state index in [0.717, 1.165) is 0 Å². The molecule has 0 atom stereocenters. The Labute approximate surface area is 52.3 Å². The monoisotopic (exact) mass is 160 g/mol. The smallest absolute Gasteiger partial charge is 0.267 e.